The molecule has 1 amide bonds. The van der Waals surface area contributed by atoms with Gasteiger partial charge in [0.15, 0.2) is 17.5 Å². The quantitative estimate of drug-likeness (QED) is 0.628. The van der Waals surface area contributed by atoms with Gasteiger partial charge >= 0.3 is 0 Å². The van der Waals surface area contributed by atoms with Crippen LogP contribution >= 0.6 is 11.6 Å². The Kier molecular flexibility index (Phi) is 4.20. The molecular formula is C17H22ClFN6O. The van der Waals surface area contributed by atoms with Gasteiger partial charge in [0.05, 0.1) is 11.2 Å². The minimum Gasteiger partial charge on any atom is -0.356 e. The summed E-state index contributed by atoms with van der Waals surface area (Å²) in [5.74, 6) is -0.539. The summed E-state index contributed by atoms with van der Waals surface area (Å²) in [5.41, 5.74) is 1.28. The van der Waals surface area contributed by atoms with Crippen LogP contribution in [-0.4, -0.2) is 37.9 Å². The van der Waals surface area contributed by atoms with Crippen LogP contribution in [0.4, 0.5) is 10.2 Å². The molecule has 1 fully saturated rings. The zero-order valence-electron chi connectivity index (χ0n) is 13.9. The van der Waals surface area contributed by atoms with Crippen LogP contribution in [0.3, 0.4) is 0 Å². The molecule has 1 saturated carbocycles. The number of nitrogens with one attached hydrogen (secondary N) is 3. The Morgan fingerprint density at radius 3 is 3.00 bits per heavy atom. The van der Waals surface area contributed by atoms with E-state index in [4.69, 9.17) is 11.6 Å². The van der Waals surface area contributed by atoms with Crippen molar-refractivity contribution in [2.75, 3.05) is 5.32 Å². The molecule has 3 heterocycles. The van der Waals surface area contributed by atoms with Gasteiger partial charge in [0.2, 0.25) is 5.91 Å². The molecule has 0 aliphatic heterocycles. The number of amides is 1. The largest absolute Gasteiger partial charge is 0.356 e. The van der Waals surface area contributed by atoms with Crippen LogP contribution in [0.2, 0.25) is 5.02 Å². The summed E-state index contributed by atoms with van der Waals surface area (Å²) in [6, 6.07) is 1.36. The predicted octanol–water partition coefficient (Wildman–Crippen LogP) is 3.63. The number of pyridine rings is 1. The lowest BCUT2D eigenvalue weighted by molar-refractivity contribution is -0.121. The molecule has 140 valence electrons. The zero-order valence-corrected chi connectivity index (χ0v) is 14.6. The molecule has 3 aromatic rings. The van der Waals surface area contributed by atoms with E-state index in [1.54, 1.807) is 19.2 Å². The van der Waals surface area contributed by atoms with Gasteiger partial charge in [0.1, 0.15) is 11.7 Å². The van der Waals surface area contributed by atoms with Crippen molar-refractivity contribution >= 4 is 34.4 Å². The van der Waals surface area contributed by atoms with Crippen LogP contribution in [0.1, 0.15) is 24.0 Å². The number of hydrogen-bond acceptors (Lipinski definition) is 5. The molecule has 9 heteroatoms. The summed E-state index contributed by atoms with van der Waals surface area (Å²) in [7, 11) is 0. The third kappa shape index (κ3) is 3.32. The van der Waals surface area contributed by atoms with E-state index in [2.05, 4.69) is 30.6 Å². The summed E-state index contributed by atoms with van der Waals surface area (Å²) in [4.78, 5) is 27.6. The Morgan fingerprint density at radius 2 is 2.23 bits per heavy atom. The minimum atomic E-state index is -0.629. The first-order valence-electron chi connectivity index (χ1n) is 8.23. The SMILES string of the molecule is C[C@H](Nc1nc(-c2c[nH]c3ncc(Cl)cc23)ncc1F)C(=O)NC1CC1.[HH].[HH].[HH]. The summed E-state index contributed by atoms with van der Waals surface area (Å²) < 4.78 is 14.1. The summed E-state index contributed by atoms with van der Waals surface area (Å²) in [6.45, 7) is 1.66. The van der Waals surface area contributed by atoms with Gasteiger partial charge in [-0.2, -0.15) is 0 Å². The Balaban J connectivity index is 0.00000140. The summed E-state index contributed by atoms with van der Waals surface area (Å²) in [5, 5.41) is 6.89. The standard InChI is InChI=1S/C17H16ClFN6O.3H2/c1-8(17(26)24-10-2-3-10)23-16-13(19)7-22-15(25-16)12-6-21-14-11(12)4-9(18)5-20-14;;;/h4-8,10H,2-3H2,1H3,(H,20,21)(H,24,26)(H,22,23,25);3*1H/t8-;;;/m0.../s1. The highest BCUT2D eigenvalue weighted by Gasteiger charge is 2.26. The second-order valence-electron chi connectivity index (χ2n) is 6.29. The third-order valence-corrected chi connectivity index (χ3v) is 4.36. The fraction of sp³-hybridized carbons (Fsp3) is 0.294. The number of hydrogen-bond donors (Lipinski definition) is 3. The maximum atomic E-state index is 14.1. The monoisotopic (exact) mass is 380 g/mol. The van der Waals surface area contributed by atoms with Crippen LogP contribution in [0, 0.1) is 5.82 Å². The molecule has 0 saturated heterocycles. The third-order valence-electron chi connectivity index (χ3n) is 4.15. The lowest BCUT2D eigenvalue weighted by Crippen LogP contribution is -2.39. The highest BCUT2D eigenvalue weighted by molar-refractivity contribution is 6.31. The number of aromatic nitrogens is 4. The molecule has 0 bridgehead atoms. The minimum absolute atomic E-state index is 0. The second-order valence-corrected chi connectivity index (χ2v) is 6.73. The van der Waals surface area contributed by atoms with Gasteiger partial charge in [-0.25, -0.2) is 19.3 Å². The molecule has 0 spiro atoms. The highest BCUT2D eigenvalue weighted by Crippen LogP contribution is 2.28. The van der Waals surface area contributed by atoms with Crippen molar-refractivity contribution in [2.45, 2.75) is 31.8 Å². The molecule has 1 aliphatic rings. The number of halogens is 2. The highest BCUT2D eigenvalue weighted by atomic mass is 35.5. The number of rotatable bonds is 5. The number of carbonyl (C=O) groups is 1. The van der Waals surface area contributed by atoms with Crippen LogP contribution in [-0.2, 0) is 4.79 Å². The molecule has 26 heavy (non-hydrogen) atoms. The lowest BCUT2D eigenvalue weighted by atomic mass is 10.2. The lowest BCUT2D eigenvalue weighted by Gasteiger charge is -2.15. The second kappa shape index (κ2) is 6.53. The number of nitrogens with zero attached hydrogens (tertiary/aromatic N) is 3. The average molecular weight is 381 g/mol. The average Bonchev–Trinajstić information content (AvgIpc) is 3.33. The van der Waals surface area contributed by atoms with Gasteiger partial charge in [-0.3, -0.25) is 4.79 Å². The molecule has 3 N–H and O–H groups in total. The van der Waals surface area contributed by atoms with Crippen molar-refractivity contribution in [2.24, 2.45) is 0 Å². The summed E-state index contributed by atoms with van der Waals surface area (Å²) in [6.07, 6.45) is 6.27. The van der Waals surface area contributed by atoms with Gasteiger partial charge in [-0.05, 0) is 25.8 Å². The van der Waals surface area contributed by atoms with Crippen molar-refractivity contribution in [1.82, 2.24) is 25.3 Å². The Hall–Kier alpha value is -2.74. The first-order chi connectivity index (χ1) is 12.5. The molecule has 3 aromatic heterocycles. The zero-order chi connectivity index (χ0) is 18.3. The normalized spacial score (nSPS) is 15.0. The molecular weight excluding hydrogens is 359 g/mol. The molecule has 1 atom stereocenters. The number of aromatic amines is 1. The number of anilines is 1. The Bertz CT molecular complexity index is 1000. The van der Waals surface area contributed by atoms with Crippen LogP contribution in [0.5, 0.6) is 0 Å². The molecule has 0 unspecified atom stereocenters. The van der Waals surface area contributed by atoms with E-state index in [-0.39, 0.29) is 22.0 Å². The van der Waals surface area contributed by atoms with Crippen molar-refractivity contribution in [3.63, 3.8) is 0 Å². The van der Waals surface area contributed by atoms with Crippen molar-refractivity contribution in [3.05, 3.63) is 35.5 Å². The molecule has 7 nitrogen and oxygen atoms in total. The van der Waals surface area contributed by atoms with Crippen LogP contribution < -0.4 is 10.6 Å². The predicted molar refractivity (Wildman–Crippen MR) is 103 cm³/mol. The summed E-state index contributed by atoms with van der Waals surface area (Å²) >= 11 is 6.01. The molecule has 0 radical (unpaired) electrons. The van der Waals surface area contributed by atoms with Gasteiger partial charge in [-0.15, -0.1) is 0 Å². The molecule has 1 aliphatic carbocycles. The van der Waals surface area contributed by atoms with Crippen molar-refractivity contribution < 1.29 is 13.5 Å². The number of fused-ring (bicyclic) bond motifs is 1. The maximum Gasteiger partial charge on any atom is 0.242 e. The maximum absolute atomic E-state index is 14.1. The van der Waals surface area contributed by atoms with E-state index in [1.807, 2.05) is 0 Å². The molecule has 0 aromatic carbocycles. The van der Waals surface area contributed by atoms with E-state index >= 15 is 0 Å². The Labute approximate surface area is 157 Å². The van der Waals surface area contributed by atoms with Gasteiger partial charge in [0.25, 0.3) is 0 Å². The van der Waals surface area contributed by atoms with Crippen LogP contribution in [0.15, 0.2) is 24.7 Å². The first-order valence-corrected chi connectivity index (χ1v) is 8.61. The van der Waals surface area contributed by atoms with E-state index in [1.165, 1.54) is 6.20 Å². The van der Waals surface area contributed by atoms with Crippen molar-refractivity contribution in [1.29, 1.82) is 0 Å². The van der Waals surface area contributed by atoms with Gasteiger partial charge in [0, 0.05) is 33.7 Å². The fourth-order valence-electron chi connectivity index (χ4n) is 2.59. The van der Waals surface area contributed by atoms with E-state index in [0.717, 1.165) is 24.4 Å². The molecule has 4 rings (SSSR count). The van der Waals surface area contributed by atoms with Gasteiger partial charge < -0.3 is 15.6 Å². The van der Waals surface area contributed by atoms with Crippen molar-refractivity contribution in [3.8, 4) is 11.4 Å². The topological polar surface area (TPSA) is 95.6 Å². The first kappa shape index (κ1) is 16.7. The van der Waals surface area contributed by atoms with E-state index in [0.29, 0.717) is 22.1 Å². The van der Waals surface area contributed by atoms with E-state index in [9.17, 15) is 9.18 Å². The van der Waals surface area contributed by atoms with Gasteiger partial charge in [-0.1, -0.05) is 11.6 Å². The number of carbonyl (C=O) groups excluding carboxylic acids is 1. The van der Waals surface area contributed by atoms with E-state index < -0.39 is 11.9 Å². The van der Waals surface area contributed by atoms with Crippen LogP contribution in [0.25, 0.3) is 22.4 Å². The smallest absolute Gasteiger partial charge is 0.242 e. The Morgan fingerprint density at radius 1 is 1.42 bits per heavy atom. The fourth-order valence-corrected chi connectivity index (χ4v) is 2.74. The number of H-pyrrole nitrogens is 1.